The van der Waals surface area contributed by atoms with Gasteiger partial charge in [-0.15, -0.1) is 0 Å². The molecule has 0 heterocycles. The van der Waals surface area contributed by atoms with E-state index in [1.54, 1.807) is 0 Å². The number of nitrogens with one attached hydrogen (secondary N) is 1. The van der Waals surface area contributed by atoms with Gasteiger partial charge in [-0.3, -0.25) is 0 Å². The maximum atomic E-state index is 5.66. The molecule has 1 saturated carbocycles. The fraction of sp³-hybridized carbons (Fsp3) is 1.00. The van der Waals surface area contributed by atoms with Gasteiger partial charge in [-0.1, -0.05) is 20.3 Å². The zero-order valence-corrected chi connectivity index (χ0v) is 14.3. The zero-order valence-electron chi connectivity index (χ0n) is 14.3. The van der Waals surface area contributed by atoms with Gasteiger partial charge in [-0.25, -0.2) is 0 Å². The molecule has 1 fully saturated rings. The maximum Gasteiger partial charge on any atom is 0.0596 e. The summed E-state index contributed by atoms with van der Waals surface area (Å²) in [5.41, 5.74) is 0. The second kappa shape index (κ2) is 9.75. The molecule has 0 aliphatic heterocycles. The van der Waals surface area contributed by atoms with Crippen LogP contribution in [0.15, 0.2) is 0 Å². The van der Waals surface area contributed by atoms with Crippen LogP contribution in [0, 0.1) is 11.8 Å². The predicted molar refractivity (Wildman–Crippen MR) is 87.2 cm³/mol. The molecule has 0 aromatic rings. The van der Waals surface area contributed by atoms with E-state index in [-0.39, 0.29) is 0 Å². The van der Waals surface area contributed by atoms with E-state index in [0.29, 0.717) is 6.10 Å². The molecule has 0 aromatic heterocycles. The van der Waals surface area contributed by atoms with Crippen LogP contribution in [0.1, 0.15) is 53.4 Å². The fourth-order valence-electron chi connectivity index (χ4n) is 3.40. The summed E-state index contributed by atoms with van der Waals surface area (Å²) in [6.07, 6.45) is 5.84. The minimum absolute atomic E-state index is 0.344. The smallest absolute Gasteiger partial charge is 0.0596 e. The Morgan fingerprint density at radius 1 is 1.25 bits per heavy atom. The van der Waals surface area contributed by atoms with Crippen molar-refractivity contribution in [3.63, 3.8) is 0 Å². The monoisotopic (exact) mass is 284 g/mol. The quantitative estimate of drug-likeness (QED) is 0.704. The summed E-state index contributed by atoms with van der Waals surface area (Å²) in [6.45, 7) is 13.0. The number of nitrogens with zero attached hydrogens (tertiary/aromatic N) is 1. The van der Waals surface area contributed by atoms with Gasteiger partial charge in [-0.2, -0.15) is 0 Å². The van der Waals surface area contributed by atoms with Gasteiger partial charge in [0.05, 0.1) is 12.7 Å². The molecule has 1 aliphatic rings. The highest BCUT2D eigenvalue weighted by Crippen LogP contribution is 2.31. The summed E-state index contributed by atoms with van der Waals surface area (Å²) in [4.78, 5) is 2.45. The summed E-state index contributed by atoms with van der Waals surface area (Å²) in [5.74, 6) is 1.74. The van der Waals surface area contributed by atoms with E-state index in [9.17, 15) is 0 Å². The van der Waals surface area contributed by atoms with Crippen LogP contribution in [0.2, 0.25) is 0 Å². The summed E-state index contributed by atoms with van der Waals surface area (Å²) in [5, 5.41) is 3.70. The van der Waals surface area contributed by atoms with Gasteiger partial charge < -0.3 is 15.0 Å². The Kier molecular flexibility index (Phi) is 8.74. The molecule has 0 radical (unpaired) electrons. The van der Waals surface area contributed by atoms with E-state index >= 15 is 0 Å². The molecule has 3 heteroatoms. The van der Waals surface area contributed by atoms with E-state index in [0.717, 1.165) is 37.6 Å². The van der Waals surface area contributed by atoms with Crippen molar-refractivity contribution < 1.29 is 4.74 Å². The second-order valence-electron chi connectivity index (χ2n) is 6.69. The molecule has 0 bridgehead atoms. The molecule has 20 heavy (non-hydrogen) atoms. The Hall–Kier alpha value is -0.120. The molecule has 0 saturated heterocycles. The van der Waals surface area contributed by atoms with E-state index in [2.05, 4.69) is 45.0 Å². The molecule has 1 rings (SSSR count). The molecule has 0 spiro atoms. The van der Waals surface area contributed by atoms with Crippen LogP contribution in [0.3, 0.4) is 0 Å². The van der Waals surface area contributed by atoms with Crippen molar-refractivity contribution in [2.45, 2.75) is 65.5 Å². The molecule has 1 aliphatic carbocycles. The SMILES string of the molecule is CCNC1CCC(CC)CC1CN(C)CCOC(C)C. The van der Waals surface area contributed by atoms with Crippen molar-refractivity contribution in [1.29, 1.82) is 0 Å². The lowest BCUT2D eigenvalue weighted by Gasteiger charge is -2.38. The molecule has 3 nitrogen and oxygen atoms in total. The van der Waals surface area contributed by atoms with E-state index < -0.39 is 0 Å². The van der Waals surface area contributed by atoms with Crippen LogP contribution < -0.4 is 5.32 Å². The Labute approximate surface area is 126 Å². The normalized spacial score (nSPS) is 27.4. The Morgan fingerprint density at radius 2 is 2.00 bits per heavy atom. The minimum Gasteiger partial charge on any atom is -0.377 e. The highest BCUT2D eigenvalue weighted by atomic mass is 16.5. The number of rotatable bonds is 9. The van der Waals surface area contributed by atoms with Crippen LogP contribution in [0.25, 0.3) is 0 Å². The highest BCUT2D eigenvalue weighted by Gasteiger charge is 2.29. The average molecular weight is 284 g/mol. The van der Waals surface area contributed by atoms with Gasteiger partial charge in [0.25, 0.3) is 0 Å². The third kappa shape index (κ3) is 6.55. The van der Waals surface area contributed by atoms with E-state index in [1.165, 1.54) is 32.2 Å². The Bertz CT molecular complexity index is 245. The Balaban J connectivity index is 2.38. The van der Waals surface area contributed by atoms with Crippen molar-refractivity contribution in [3.8, 4) is 0 Å². The predicted octanol–water partition coefficient (Wildman–Crippen LogP) is 3.15. The summed E-state index contributed by atoms with van der Waals surface area (Å²) in [6, 6.07) is 0.719. The third-order valence-corrected chi connectivity index (χ3v) is 4.61. The van der Waals surface area contributed by atoms with Crippen molar-refractivity contribution in [2.24, 2.45) is 11.8 Å². The third-order valence-electron chi connectivity index (χ3n) is 4.61. The fourth-order valence-corrected chi connectivity index (χ4v) is 3.40. The first-order valence-electron chi connectivity index (χ1n) is 8.60. The highest BCUT2D eigenvalue weighted by molar-refractivity contribution is 4.85. The van der Waals surface area contributed by atoms with Gasteiger partial charge in [0.1, 0.15) is 0 Å². The number of hydrogen-bond donors (Lipinski definition) is 1. The first kappa shape index (κ1) is 17.9. The molecule has 0 aromatic carbocycles. The minimum atomic E-state index is 0.344. The van der Waals surface area contributed by atoms with Crippen LogP contribution in [0.4, 0.5) is 0 Å². The standard InChI is InChI=1S/C17H36N2O/c1-6-15-8-9-17(18-7-2)16(12-15)13-19(5)10-11-20-14(3)4/h14-18H,6-13H2,1-5H3. The largest absolute Gasteiger partial charge is 0.377 e. The van der Waals surface area contributed by atoms with Crippen LogP contribution >= 0.6 is 0 Å². The van der Waals surface area contributed by atoms with Gasteiger partial charge in [0, 0.05) is 19.1 Å². The lowest BCUT2D eigenvalue weighted by molar-refractivity contribution is 0.0562. The van der Waals surface area contributed by atoms with Gasteiger partial charge in [0.15, 0.2) is 0 Å². The van der Waals surface area contributed by atoms with Crippen molar-refractivity contribution >= 4 is 0 Å². The molecule has 3 atom stereocenters. The summed E-state index contributed by atoms with van der Waals surface area (Å²) >= 11 is 0. The average Bonchev–Trinajstić information content (AvgIpc) is 2.40. The molecular weight excluding hydrogens is 248 g/mol. The second-order valence-corrected chi connectivity index (χ2v) is 6.69. The molecule has 0 amide bonds. The molecule has 1 N–H and O–H groups in total. The lowest BCUT2D eigenvalue weighted by atomic mass is 9.76. The first-order valence-corrected chi connectivity index (χ1v) is 8.60. The topological polar surface area (TPSA) is 24.5 Å². The Morgan fingerprint density at radius 3 is 2.60 bits per heavy atom. The first-order chi connectivity index (χ1) is 9.56. The van der Waals surface area contributed by atoms with Crippen molar-refractivity contribution in [2.75, 3.05) is 33.3 Å². The van der Waals surface area contributed by atoms with Crippen LogP contribution in [0.5, 0.6) is 0 Å². The number of likely N-dealkylation sites (N-methyl/N-ethyl adjacent to an activating group) is 1. The van der Waals surface area contributed by atoms with Gasteiger partial charge in [-0.05, 0) is 58.5 Å². The van der Waals surface area contributed by atoms with Crippen LogP contribution in [-0.2, 0) is 4.74 Å². The lowest BCUT2D eigenvalue weighted by Crippen LogP contribution is -2.45. The van der Waals surface area contributed by atoms with Crippen molar-refractivity contribution in [1.82, 2.24) is 10.2 Å². The van der Waals surface area contributed by atoms with Crippen LogP contribution in [-0.4, -0.2) is 50.3 Å². The molecular formula is C17H36N2O. The molecule has 3 unspecified atom stereocenters. The summed E-state index contributed by atoms with van der Waals surface area (Å²) < 4.78 is 5.66. The maximum absolute atomic E-state index is 5.66. The summed E-state index contributed by atoms with van der Waals surface area (Å²) in [7, 11) is 2.24. The number of hydrogen-bond acceptors (Lipinski definition) is 3. The van der Waals surface area contributed by atoms with E-state index in [4.69, 9.17) is 4.74 Å². The van der Waals surface area contributed by atoms with Gasteiger partial charge in [0.2, 0.25) is 0 Å². The van der Waals surface area contributed by atoms with Gasteiger partial charge >= 0.3 is 0 Å². The number of ether oxygens (including phenoxy) is 1. The van der Waals surface area contributed by atoms with Crippen molar-refractivity contribution in [3.05, 3.63) is 0 Å². The zero-order chi connectivity index (χ0) is 15.0. The van der Waals surface area contributed by atoms with E-state index in [1.807, 2.05) is 0 Å². The molecule has 120 valence electrons.